The van der Waals surface area contributed by atoms with E-state index in [1.807, 2.05) is 79.1 Å². The molecule has 0 bridgehead atoms. The number of hydrogen-bond donors (Lipinski definition) is 0. The molecule has 0 saturated heterocycles. The molecule has 0 saturated carbocycles. The zero-order chi connectivity index (χ0) is 22.8. The summed E-state index contributed by atoms with van der Waals surface area (Å²) in [7, 11) is 0. The van der Waals surface area contributed by atoms with Crippen molar-refractivity contribution in [1.82, 2.24) is 29.9 Å². The van der Waals surface area contributed by atoms with Gasteiger partial charge in [0.1, 0.15) is 0 Å². The van der Waals surface area contributed by atoms with Gasteiger partial charge in [0.15, 0.2) is 11.0 Å². The maximum absolute atomic E-state index is 6.54. The average molecular weight is 475 g/mol. The van der Waals surface area contributed by atoms with Crippen LogP contribution in [-0.2, 0) is 0 Å². The number of rotatable bonds is 6. The molecule has 0 fully saturated rings. The summed E-state index contributed by atoms with van der Waals surface area (Å²) >= 11 is 8.02. The summed E-state index contributed by atoms with van der Waals surface area (Å²) in [6.07, 6.45) is 3.45. The van der Waals surface area contributed by atoms with Gasteiger partial charge in [0, 0.05) is 23.5 Å². The van der Waals surface area contributed by atoms with Crippen LogP contribution >= 0.6 is 23.4 Å². The van der Waals surface area contributed by atoms with Crippen molar-refractivity contribution in [2.75, 3.05) is 0 Å². The standard InChI is InChI=1S/C24H19ClN6OS/c1-15-7-9-18(10-8-15)23-29-28-22(32-23)16(2)33-24-30-27-21(17-11-13-26-14-12-17)31(24)20-6-4-3-5-19(20)25/h3-14,16H,1-2H3/t16-/m1/s1. The number of para-hydroxylation sites is 1. The Labute approximate surface area is 199 Å². The molecule has 7 nitrogen and oxygen atoms in total. The van der Waals surface area contributed by atoms with Crippen LogP contribution in [0.4, 0.5) is 0 Å². The van der Waals surface area contributed by atoms with Crippen LogP contribution < -0.4 is 0 Å². The quantitative estimate of drug-likeness (QED) is 0.271. The monoisotopic (exact) mass is 474 g/mol. The lowest BCUT2D eigenvalue weighted by Gasteiger charge is -2.13. The van der Waals surface area contributed by atoms with E-state index in [9.17, 15) is 0 Å². The summed E-state index contributed by atoms with van der Waals surface area (Å²) in [5, 5.41) is 18.5. The molecular formula is C24H19ClN6OS. The van der Waals surface area contributed by atoms with Crippen molar-refractivity contribution < 1.29 is 4.42 Å². The minimum absolute atomic E-state index is 0.160. The van der Waals surface area contributed by atoms with Crippen molar-refractivity contribution in [1.29, 1.82) is 0 Å². The van der Waals surface area contributed by atoms with Crippen LogP contribution in [0.3, 0.4) is 0 Å². The fraction of sp³-hybridized carbons (Fsp3) is 0.125. The Morgan fingerprint density at radius 2 is 1.64 bits per heavy atom. The molecule has 9 heteroatoms. The number of benzene rings is 2. The van der Waals surface area contributed by atoms with Crippen molar-refractivity contribution in [3.05, 3.63) is 89.5 Å². The third-order valence-corrected chi connectivity index (χ3v) is 6.38. The minimum atomic E-state index is -0.160. The largest absolute Gasteiger partial charge is 0.419 e. The van der Waals surface area contributed by atoms with Gasteiger partial charge in [-0.2, -0.15) is 0 Å². The number of thioether (sulfide) groups is 1. The molecule has 33 heavy (non-hydrogen) atoms. The molecule has 1 atom stereocenters. The molecule has 0 spiro atoms. The summed E-state index contributed by atoms with van der Waals surface area (Å²) in [4.78, 5) is 4.10. The molecule has 0 aliphatic rings. The number of halogens is 1. The first kappa shape index (κ1) is 21.4. The van der Waals surface area contributed by atoms with Gasteiger partial charge in [-0.05, 0) is 50.2 Å². The highest BCUT2D eigenvalue weighted by molar-refractivity contribution is 7.99. The van der Waals surface area contributed by atoms with Gasteiger partial charge in [-0.15, -0.1) is 20.4 Å². The van der Waals surface area contributed by atoms with E-state index < -0.39 is 0 Å². The number of pyridine rings is 1. The number of aromatic nitrogens is 6. The molecule has 2 aromatic carbocycles. The predicted molar refractivity (Wildman–Crippen MR) is 128 cm³/mol. The molecular weight excluding hydrogens is 456 g/mol. The molecule has 0 N–H and O–H groups in total. The van der Waals surface area contributed by atoms with Gasteiger partial charge in [-0.1, -0.05) is 53.2 Å². The molecule has 5 rings (SSSR count). The second kappa shape index (κ2) is 9.17. The van der Waals surface area contributed by atoms with Crippen LogP contribution in [-0.4, -0.2) is 29.9 Å². The molecule has 5 aromatic rings. The fourth-order valence-electron chi connectivity index (χ4n) is 3.30. The van der Waals surface area contributed by atoms with Crippen LogP contribution in [0.15, 0.2) is 82.6 Å². The van der Waals surface area contributed by atoms with Crippen LogP contribution in [0, 0.1) is 6.92 Å². The zero-order valence-electron chi connectivity index (χ0n) is 17.9. The molecule has 0 unspecified atom stereocenters. The molecule has 164 valence electrons. The zero-order valence-corrected chi connectivity index (χ0v) is 19.5. The number of hydrogen-bond acceptors (Lipinski definition) is 7. The third kappa shape index (κ3) is 4.40. The Bertz CT molecular complexity index is 1380. The lowest BCUT2D eigenvalue weighted by molar-refractivity contribution is 0.509. The molecule has 3 aromatic heterocycles. The lowest BCUT2D eigenvalue weighted by Crippen LogP contribution is -2.01. The SMILES string of the molecule is Cc1ccc(-c2nnc([C@@H](C)Sc3nnc(-c4ccncc4)n3-c3ccccc3Cl)o2)cc1. The topological polar surface area (TPSA) is 82.5 Å². The molecule has 0 aliphatic carbocycles. The van der Waals surface area contributed by atoms with Crippen molar-refractivity contribution in [3.63, 3.8) is 0 Å². The smallest absolute Gasteiger partial charge is 0.247 e. The first-order valence-corrected chi connectivity index (χ1v) is 11.5. The minimum Gasteiger partial charge on any atom is -0.419 e. The first-order valence-electron chi connectivity index (χ1n) is 10.3. The van der Waals surface area contributed by atoms with E-state index in [0.29, 0.717) is 27.8 Å². The van der Waals surface area contributed by atoms with Crippen molar-refractivity contribution >= 4 is 23.4 Å². The highest BCUT2D eigenvalue weighted by Crippen LogP contribution is 2.38. The van der Waals surface area contributed by atoms with E-state index in [2.05, 4.69) is 25.4 Å². The Balaban J connectivity index is 1.49. The van der Waals surface area contributed by atoms with Crippen LogP contribution in [0.1, 0.15) is 23.6 Å². The van der Waals surface area contributed by atoms with Gasteiger partial charge in [0.05, 0.1) is 16.0 Å². The van der Waals surface area contributed by atoms with Crippen LogP contribution in [0.2, 0.25) is 5.02 Å². The normalized spacial score (nSPS) is 12.1. The summed E-state index contributed by atoms with van der Waals surface area (Å²) in [6.45, 7) is 4.03. The van der Waals surface area contributed by atoms with Gasteiger partial charge in [0.2, 0.25) is 11.8 Å². The van der Waals surface area contributed by atoms with Crippen LogP contribution in [0.5, 0.6) is 0 Å². The Morgan fingerprint density at radius 3 is 2.39 bits per heavy atom. The Hall–Kier alpha value is -3.49. The molecule has 3 heterocycles. The van der Waals surface area contributed by atoms with Gasteiger partial charge in [-0.3, -0.25) is 9.55 Å². The van der Waals surface area contributed by atoms with E-state index >= 15 is 0 Å². The molecule has 0 radical (unpaired) electrons. The second-order valence-corrected chi connectivity index (χ2v) is 9.12. The van der Waals surface area contributed by atoms with Gasteiger partial charge < -0.3 is 4.42 Å². The van der Waals surface area contributed by atoms with Crippen LogP contribution in [0.25, 0.3) is 28.5 Å². The van der Waals surface area contributed by atoms with Gasteiger partial charge in [-0.25, -0.2) is 0 Å². The number of aryl methyl sites for hydroxylation is 1. The van der Waals surface area contributed by atoms with E-state index in [1.165, 1.54) is 17.3 Å². The Morgan fingerprint density at radius 1 is 0.879 bits per heavy atom. The summed E-state index contributed by atoms with van der Waals surface area (Å²) in [5.74, 6) is 1.67. The predicted octanol–water partition coefficient (Wildman–Crippen LogP) is 6.19. The maximum atomic E-state index is 6.54. The highest BCUT2D eigenvalue weighted by atomic mass is 35.5. The first-order chi connectivity index (χ1) is 16.1. The van der Waals surface area contributed by atoms with E-state index in [-0.39, 0.29) is 5.25 Å². The van der Waals surface area contributed by atoms with Crippen molar-refractivity contribution in [2.45, 2.75) is 24.3 Å². The third-order valence-electron chi connectivity index (χ3n) is 5.03. The highest BCUT2D eigenvalue weighted by Gasteiger charge is 2.23. The van der Waals surface area contributed by atoms with E-state index in [1.54, 1.807) is 12.4 Å². The number of nitrogens with zero attached hydrogens (tertiary/aromatic N) is 6. The van der Waals surface area contributed by atoms with Crippen molar-refractivity contribution in [2.24, 2.45) is 0 Å². The van der Waals surface area contributed by atoms with Gasteiger partial charge in [0.25, 0.3) is 0 Å². The summed E-state index contributed by atoms with van der Waals surface area (Å²) in [5.41, 5.74) is 3.73. The lowest BCUT2D eigenvalue weighted by atomic mass is 10.1. The summed E-state index contributed by atoms with van der Waals surface area (Å²) < 4.78 is 7.91. The molecule has 0 amide bonds. The van der Waals surface area contributed by atoms with Gasteiger partial charge >= 0.3 is 0 Å². The molecule has 0 aliphatic heterocycles. The Kier molecular flexibility index (Phi) is 5.93. The fourth-order valence-corrected chi connectivity index (χ4v) is 4.42. The van der Waals surface area contributed by atoms with E-state index in [0.717, 1.165) is 16.8 Å². The average Bonchev–Trinajstić information content (AvgIpc) is 3.48. The van der Waals surface area contributed by atoms with Crippen molar-refractivity contribution in [3.8, 4) is 28.5 Å². The second-order valence-electron chi connectivity index (χ2n) is 7.40. The maximum Gasteiger partial charge on any atom is 0.247 e. The van der Waals surface area contributed by atoms with E-state index in [4.69, 9.17) is 16.0 Å². The summed E-state index contributed by atoms with van der Waals surface area (Å²) in [6, 6.07) is 19.4.